The van der Waals surface area contributed by atoms with E-state index in [-0.39, 0.29) is 6.42 Å². The molecule has 0 saturated carbocycles. The summed E-state index contributed by atoms with van der Waals surface area (Å²) in [5.74, 6) is -4.36. The number of carbonyl (C=O) groups is 1. The maximum Gasteiger partial charge on any atom is 0.308 e. The Bertz CT molecular complexity index is 344. The third kappa shape index (κ3) is 3.27. The average Bonchev–Trinajstić information content (AvgIpc) is 2.19. The van der Waals surface area contributed by atoms with E-state index in [0.717, 1.165) is 6.08 Å². The van der Waals surface area contributed by atoms with Crippen LogP contribution >= 0.6 is 0 Å². The Morgan fingerprint density at radius 2 is 1.93 bits per heavy atom. The summed E-state index contributed by atoms with van der Waals surface area (Å²) in [7, 11) is 0. The molecule has 0 aliphatic heterocycles. The molecule has 1 nitrogen and oxygen atoms in total. The molecule has 15 heavy (non-hydrogen) atoms. The minimum atomic E-state index is -3.29. The molecule has 0 heterocycles. The highest BCUT2D eigenvalue weighted by Crippen LogP contribution is 2.21. The van der Waals surface area contributed by atoms with Gasteiger partial charge in [0.2, 0.25) is 5.78 Å². The first-order valence-corrected chi connectivity index (χ1v) is 4.62. The van der Waals surface area contributed by atoms with Crippen molar-refractivity contribution in [2.45, 2.75) is 18.8 Å². The van der Waals surface area contributed by atoms with Crippen LogP contribution in [0.1, 0.15) is 12.0 Å². The lowest BCUT2D eigenvalue weighted by Crippen LogP contribution is -2.29. The lowest BCUT2D eigenvalue weighted by atomic mass is 10.0. The van der Waals surface area contributed by atoms with E-state index >= 15 is 0 Å². The first kappa shape index (κ1) is 11.6. The molecule has 1 aromatic rings. The maximum absolute atomic E-state index is 13.1. The van der Waals surface area contributed by atoms with Gasteiger partial charge in [-0.1, -0.05) is 36.4 Å². The van der Waals surface area contributed by atoms with Crippen LogP contribution < -0.4 is 0 Å². The van der Waals surface area contributed by atoms with Crippen LogP contribution in [0.2, 0.25) is 0 Å². The van der Waals surface area contributed by atoms with E-state index in [1.165, 1.54) is 0 Å². The van der Waals surface area contributed by atoms with Crippen molar-refractivity contribution in [1.29, 1.82) is 0 Å². The molecule has 0 radical (unpaired) electrons. The summed E-state index contributed by atoms with van der Waals surface area (Å²) >= 11 is 0. The number of benzene rings is 1. The van der Waals surface area contributed by atoms with E-state index in [2.05, 4.69) is 6.58 Å². The molecule has 0 atom stereocenters. The third-order valence-corrected chi connectivity index (χ3v) is 2.02. The third-order valence-electron chi connectivity index (χ3n) is 2.02. The molecule has 0 bridgehead atoms. The van der Waals surface area contributed by atoms with Gasteiger partial charge in [-0.3, -0.25) is 4.79 Å². The first-order chi connectivity index (χ1) is 7.06. The van der Waals surface area contributed by atoms with E-state index < -0.39 is 18.1 Å². The monoisotopic (exact) mass is 210 g/mol. The predicted molar refractivity (Wildman–Crippen MR) is 54.9 cm³/mol. The number of rotatable bonds is 5. The fraction of sp³-hybridized carbons (Fsp3) is 0.250. The van der Waals surface area contributed by atoms with Gasteiger partial charge in [0.1, 0.15) is 0 Å². The Labute approximate surface area is 87.4 Å². The van der Waals surface area contributed by atoms with Crippen molar-refractivity contribution in [2.24, 2.45) is 0 Å². The summed E-state index contributed by atoms with van der Waals surface area (Å²) in [6.45, 7) is 3.20. The van der Waals surface area contributed by atoms with Crippen molar-refractivity contribution in [3.8, 4) is 0 Å². The van der Waals surface area contributed by atoms with Crippen LogP contribution in [0.25, 0.3) is 0 Å². The van der Waals surface area contributed by atoms with E-state index in [0.29, 0.717) is 5.56 Å². The van der Waals surface area contributed by atoms with Crippen molar-refractivity contribution in [3.05, 3.63) is 48.6 Å². The van der Waals surface area contributed by atoms with Crippen LogP contribution in [0.3, 0.4) is 0 Å². The van der Waals surface area contributed by atoms with Crippen molar-refractivity contribution in [2.75, 3.05) is 0 Å². The van der Waals surface area contributed by atoms with E-state index in [1.54, 1.807) is 30.3 Å². The zero-order chi connectivity index (χ0) is 11.3. The number of Topliss-reactive ketones (excluding diaryl/α,β-unsaturated/α-hetero) is 1. The lowest BCUT2D eigenvalue weighted by Gasteiger charge is -2.12. The van der Waals surface area contributed by atoms with Gasteiger partial charge in [-0.2, -0.15) is 8.78 Å². The quantitative estimate of drug-likeness (QED) is 0.683. The SMILES string of the molecule is C=CCC(F)(F)C(=O)Cc1ccccc1. The Morgan fingerprint density at radius 3 is 2.47 bits per heavy atom. The predicted octanol–water partition coefficient (Wildman–Crippen LogP) is 3.01. The molecule has 0 amide bonds. The molecule has 80 valence electrons. The standard InChI is InChI=1S/C12H12F2O/c1-2-8-12(13,14)11(15)9-10-6-4-3-5-7-10/h2-7H,1,8-9H2. The van der Waals surface area contributed by atoms with Crippen LogP contribution in [0.15, 0.2) is 43.0 Å². The minimum absolute atomic E-state index is 0.234. The second kappa shape index (κ2) is 4.82. The van der Waals surface area contributed by atoms with Crippen LogP contribution in [0, 0.1) is 0 Å². The number of alkyl halides is 2. The first-order valence-electron chi connectivity index (χ1n) is 4.62. The van der Waals surface area contributed by atoms with Gasteiger partial charge >= 0.3 is 5.92 Å². The molecule has 0 aromatic heterocycles. The van der Waals surface area contributed by atoms with Gasteiger partial charge in [0.05, 0.1) is 0 Å². The maximum atomic E-state index is 13.1. The lowest BCUT2D eigenvalue weighted by molar-refractivity contribution is -0.141. The summed E-state index contributed by atoms with van der Waals surface area (Å²) in [5.41, 5.74) is 0.603. The van der Waals surface area contributed by atoms with Gasteiger partial charge in [-0.25, -0.2) is 0 Å². The second-order valence-electron chi connectivity index (χ2n) is 3.28. The van der Waals surface area contributed by atoms with Crippen molar-refractivity contribution >= 4 is 5.78 Å². The van der Waals surface area contributed by atoms with Crippen molar-refractivity contribution in [1.82, 2.24) is 0 Å². The highest BCUT2D eigenvalue weighted by atomic mass is 19.3. The molecule has 0 aliphatic rings. The molecule has 0 spiro atoms. The highest BCUT2D eigenvalue weighted by Gasteiger charge is 2.36. The summed E-state index contributed by atoms with van der Waals surface area (Å²) in [6.07, 6.45) is 0.225. The highest BCUT2D eigenvalue weighted by molar-refractivity contribution is 5.87. The Hall–Kier alpha value is -1.51. The second-order valence-corrected chi connectivity index (χ2v) is 3.28. The van der Waals surface area contributed by atoms with Gasteiger partial charge < -0.3 is 0 Å². The van der Waals surface area contributed by atoms with Crippen molar-refractivity contribution in [3.63, 3.8) is 0 Å². The molecule has 3 heteroatoms. The van der Waals surface area contributed by atoms with Gasteiger partial charge in [-0.05, 0) is 5.56 Å². The molecule has 0 aliphatic carbocycles. The number of ketones is 1. The largest absolute Gasteiger partial charge is 0.308 e. The number of hydrogen-bond acceptors (Lipinski definition) is 1. The molecular weight excluding hydrogens is 198 g/mol. The van der Waals surface area contributed by atoms with Gasteiger partial charge in [0, 0.05) is 12.8 Å². The number of hydrogen-bond donors (Lipinski definition) is 0. The zero-order valence-electron chi connectivity index (χ0n) is 8.25. The molecule has 0 fully saturated rings. The number of halogens is 2. The van der Waals surface area contributed by atoms with Gasteiger partial charge in [0.15, 0.2) is 0 Å². The smallest absolute Gasteiger partial charge is 0.293 e. The Kier molecular flexibility index (Phi) is 3.72. The molecule has 1 aromatic carbocycles. The Balaban J connectivity index is 2.67. The topological polar surface area (TPSA) is 17.1 Å². The fourth-order valence-electron chi connectivity index (χ4n) is 1.21. The summed E-state index contributed by atoms with van der Waals surface area (Å²) < 4.78 is 26.2. The van der Waals surface area contributed by atoms with E-state index in [1.807, 2.05) is 0 Å². The van der Waals surface area contributed by atoms with E-state index in [4.69, 9.17) is 0 Å². The molecule has 0 saturated heterocycles. The van der Waals surface area contributed by atoms with Crippen LogP contribution in [0.4, 0.5) is 8.78 Å². The van der Waals surface area contributed by atoms with Gasteiger partial charge in [-0.15, -0.1) is 6.58 Å². The minimum Gasteiger partial charge on any atom is -0.293 e. The normalized spacial score (nSPS) is 11.1. The summed E-state index contributed by atoms with van der Waals surface area (Å²) in [5, 5.41) is 0. The fourth-order valence-corrected chi connectivity index (χ4v) is 1.21. The number of allylic oxidation sites excluding steroid dienone is 1. The Morgan fingerprint density at radius 1 is 1.33 bits per heavy atom. The summed E-state index contributed by atoms with van der Waals surface area (Å²) in [6, 6.07) is 8.52. The van der Waals surface area contributed by atoms with Crippen LogP contribution in [-0.4, -0.2) is 11.7 Å². The average molecular weight is 210 g/mol. The molecule has 1 rings (SSSR count). The van der Waals surface area contributed by atoms with Gasteiger partial charge in [0.25, 0.3) is 0 Å². The van der Waals surface area contributed by atoms with Crippen LogP contribution in [0.5, 0.6) is 0 Å². The number of carbonyl (C=O) groups excluding carboxylic acids is 1. The molecule has 0 N–H and O–H groups in total. The zero-order valence-corrected chi connectivity index (χ0v) is 8.25. The molecular formula is C12H12F2O. The van der Waals surface area contributed by atoms with E-state index in [9.17, 15) is 13.6 Å². The van der Waals surface area contributed by atoms with Crippen LogP contribution in [-0.2, 0) is 11.2 Å². The molecule has 0 unspecified atom stereocenters. The van der Waals surface area contributed by atoms with Crippen molar-refractivity contribution < 1.29 is 13.6 Å². The summed E-state index contributed by atoms with van der Waals surface area (Å²) in [4.78, 5) is 11.2.